The van der Waals surface area contributed by atoms with Gasteiger partial charge in [-0.25, -0.2) is 0 Å². The van der Waals surface area contributed by atoms with Crippen molar-refractivity contribution in [3.8, 4) is 5.75 Å². The average Bonchev–Trinajstić information content (AvgIpc) is 2.99. The topological polar surface area (TPSA) is 38.3 Å². The third kappa shape index (κ3) is 4.88. The normalized spacial score (nSPS) is 10.7. The summed E-state index contributed by atoms with van der Waals surface area (Å²) in [5, 5.41) is 4.94. The second-order valence-electron chi connectivity index (χ2n) is 5.65. The molecule has 2 aromatic rings. The molecule has 0 aliphatic rings. The maximum atomic E-state index is 11.8. The summed E-state index contributed by atoms with van der Waals surface area (Å²) in [4.78, 5) is 13.1. The Labute approximate surface area is 136 Å². The minimum Gasteiger partial charge on any atom is -0.483 e. The summed E-state index contributed by atoms with van der Waals surface area (Å²) in [5.74, 6) is 1.16. The second-order valence-corrected chi connectivity index (χ2v) is 6.68. The first-order valence-corrected chi connectivity index (χ1v) is 8.46. The molecule has 1 amide bonds. The average molecular weight is 317 g/mol. The number of rotatable bonds is 7. The highest BCUT2D eigenvalue weighted by Gasteiger charge is 2.07. The van der Waals surface area contributed by atoms with Crippen molar-refractivity contribution < 1.29 is 9.53 Å². The van der Waals surface area contributed by atoms with Crippen molar-refractivity contribution in [2.45, 2.75) is 33.1 Å². The minimum absolute atomic E-state index is 0.0623. The third-order valence-corrected chi connectivity index (χ3v) is 4.45. The van der Waals surface area contributed by atoms with Crippen LogP contribution in [0.5, 0.6) is 5.75 Å². The van der Waals surface area contributed by atoms with Gasteiger partial charge >= 0.3 is 0 Å². The van der Waals surface area contributed by atoms with Crippen molar-refractivity contribution >= 4 is 17.2 Å². The Morgan fingerprint density at radius 1 is 1.32 bits per heavy atom. The first-order valence-electron chi connectivity index (χ1n) is 7.58. The molecular weight excluding hydrogens is 294 g/mol. The van der Waals surface area contributed by atoms with Crippen LogP contribution in [-0.2, 0) is 11.2 Å². The number of carbonyl (C=O) groups excluding carboxylic acids is 1. The van der Waals surface area contributed by atoms with E-state index in [4.69, 9.17) is 4.74 Å². The van der Waals surface area contributed by atoms with Gasteiger partial charge in [-0.3, -0.25) is 4.79 Å². The molecule has 4 heteroatoms. The van der Waals surface area contributed by atoms with Crippen LogP contribution in [0.4, 0.5) is 0 Å². The molecule has 1 aromatic carbocycles. The number of amides is 1. The molecule has 0 radical (unpaired) electrons. The van der Waals surface area contributed by atoms with Crippen molar-refractivity contribution in [1.82, 2.24) is 5.32 Å². The van der Waals surface area contributed by atoms with Crippen molar-refractivity contribution in [2.24, 2.45) is 0 Å². The predicted molar refractivity (Wildman–Crippen MR) is 91.8 cm³/mol. The molecule has 0 spiro atoms. The summed E-state index contributed by atoms with van der Waals surface area (Å²) < 4.78 is 5.67. The van der Waals surface area contributed by atoms with E-state index in [0.29, 0.717) is 12.5 Å². The monoisotopic (exact) mass is 317 g/mol. The minimum atomic E-state index is -0.0779. The van der Waals surface area contributed by atoms with Crippen LogP contribution < -0.4 is 10.1 Å². The Morgan fingerprint density at radius 2 is 2.14 bits per heavy atom. The summed E-state index contributed by atoms with van der Waals surface area (Å²) >= 11 is 1.71. The summed E-state index contributed by atoms with van der Waals surface area (Å²) in [6, 6.07) is 10.3. The van der Waals surface area contributed by atoms with E-state index in [0.717, 1.165) is 17.7 Å². The lowest BCUT2D eigenvalue weighted by Gasteiger charge is -2.12. The van der Waals surface area contributed by atoms with E-state index < -0.39 is 0 Å². The molecule has 1 N–H and O–H groups in total. The van der Waals surface area contributed by atoms with Crippen LogP contribution in [0.15, 0.2) is 35.7 Å². The first-order chi connectivity index (χ1) is 10.6. The lowest BCUT2D eigenvalue weighted by Crippen LogP contribution is -2.30. The van der Waals surface area contributed by atoms with Gasteiger partial charge in [0.05, 0.1) is 0 Å². The van der Waals surface area contributed by atoms with Crippen LogP contribution in [0.2, 0.25) is 0 Å². The van der Waals surface area contributed by atoms with E-state index in [1.165, 1.54) is 10.4 Å². The molecule has 0 saturated carbocycles. The summed E-state index contributed by atoms with van der Waals surface area (Å²) in [6.07, 6.45) is 0.866. The fourth-order valence-corrected chi connectivity index (χ4v) is 2.81. The Balaban J connectivity index is 1.79. The van der Waals surface area contributed by atoms with E-state index in [1.54, 1.807) is 11.3 Å². The lowest BCUT2D eigenvalue weighted by molar-refractivity contribution is -0.123. The summed E-state index contributed by atoms with van der Waals surface area (Å²) in [7, 11) is 0. The number of benzene rings is 1. The number of hydrogen-bond donors (Lipinski definition) is 1. The molecule has 0 bridgehead atoms. The van der Waals surface area contributed by atoms with Crippen LogP contribution >= 0.6 is 11.3 Å². The van der Waals surface area contributed by atoms with Gasteiger partial charge in [-0.05, 0) is 47.9 Å². The van der Waals surface area contributed by atoms with Gasteiger partial charge in [-0.1, -0.05) is 32.0 Å². The highest BCUT2D eigenvalue weighted by molar-refractivity contribution is 7.09. The molecular formula is C18H23NO2S. The highest BCUT2D eigenvalue weighted by atomic mass is 32.1. The molecule has 0 saturated heterocycles. The van der Waals surface area contributed by atoms with Crippen LogP contribution in [0.1, 0.15) is 35.8 Å². The van der Waals surface area contributed by atoms with Gasteiger partial charge in [0.1, 0.15) is 5.75 Å². The standard InChI is InChI=1S/C18H23NO2S/c1-13(2)15-7-6-14(3)17(11-15)21-12-18(20)19-9-8-16-5-4-10-22-16/h4-7,10-11,13H,8-9,12H2,1-3H3,(H,19,20). The van der Waals surface area contributed by atoms with E-state index in [2.05, 4.69) is 31.3 Å². The SMILES string of the molecule is Cc1ccc(C(C)C)cc1OCC(=O)NCCc1cccs1. The van der Waals surface area contributed by atoms with Crippen LogP contribution in [0, 0.1) is 6.92 Å². The van der Waals surface area contributed by atoms with E-state index in [9.17, 15) is 4.79 Å². The smallest absolute Gasteiger partial charge is 0.257 e. The number of ether oxygens (including phenoxy) is 1. The van der Waals surface area contributed by atoms with Gasteiger partial charge in [0, 0.05) is 11.4 Å². The molecule has 1 heterocycles. The van der Waals surface area contributed by atoms with Gasteiger partial charge in [0.15, 0.2) is 6.61 Å². The number of hydrogen-bond acceptors (Lipinski definition) is 3. The largest absolute Gasteiger partial charge is 0.483 e. The quantitative estimate of drug-likeness (QED) is 0.840. The maximum absolute atomic E-state index is 11.8. The zero-order valence-corrected chi connectivity index (χ0v) is 14.2. The second kappa shape index (κ2) is 7.99. The van der Waals surface area contributed by atoms with E-state index in [-0.39, 0.29) is 12.5 Å². The first kappa shape index (κ1) is 16.6. The Hall–Kier alpha value is -1.81. The Morgan fingerprint density at radius 3 is 2.82 bits per heavy atom. The zero-order valence-electron chi connectivity index (χ0n) is 13.4. The molecule has 0 atom stereocenters. The molecule has 118 valence electrons. The van der Waals surface area contributed by atoms with Crippen molar-refractivity contribution in [3.05, 3.63) is 51.7 Å². The van der Waals surface area contributed by atoms with E-state index in [1.807, 2.05) is 30.5 Å². The number of aryl methyl sites for hydroxylation is 1. The lowest BCUT2D eigenvalue weighted by atomic mass is 10.0. The van der Waals surface area contributed by atoms with Crippen LogP contribution in [0.3, 0.4) is 0 Å². The van der Waals surface area contributed by atoms with Crippen molar-refractivity contribution in [2.75, 3.05) is 13.2 Å². The molecule has 1 aromatic heterocycles. The molecule has 2 rings (SSSR count). The third-order valence-electron chi connectivity index (χ3n) is 3.51. The van der Waals surface area contributed by atoms with Gasteiger partial charge in [-0.15, -0.1) is 11.3 Å². The van der Waals surface area contributed by atoms with Crippen LogP contribution in [0.25, 0.3) is 0 Å². The fraction of sp³-hybridized carbons (Fsp3) is 0.389. The summed E-state index contributed by atoms with van der Waals surface area (Å²) in [6.45, 7) is 6.99. The van der Waals surface area contributed by atoms with Crippen LogP contribution in [-0.4, -0.2) is 19.1 Å². The highest BCUT2D eigenvalue weighted by Crippen LogP contribution is 2.24. The van der Waals surface area contributed by atoms with Gasteiger partial charge in [-0.2, -0.15) is 0 Å². The molecule has 0 aliphatic heterocycles. The fourth-order valence-electron chi connectivity index (χ4n) is 2.11. The molecule has 0 unspecified atom stereocenters. The predicted octanol–water partition coefficient (Wildman–Crippen LogP) is 3.92. The van der Waals surface area contributed by atoms with Gasteiger partial charge < -0.3 is 10.1 Å². The Bertz CT molecular complexity index is 606. The molecule has 0 fully saturated rings. The summed E-state index contributed by atoms with van der Waals surface area (Å²) in [5.41, 5.74) is 2.27. The number of thiophene rings is 1. The van der Waals surface area contributed by atoms with Crippen molar-refractivity contribution in [1.29, 1.82) is 0 Å². The number of carbonyl (C=O) groups is 1. The number of nitrogens with one attached hydrogen (secondary N) is 1. The molecule has 0 aliphatic carbocycles. The van der Waals surface area contributed by atoms with Crippen molar-refractivity contribution in [3.63, 3.8) is 0 Å². The maximum Gasteiger partial charge on any atom is 0.257 e. The van der Waals surface area contributed by atoms with Gasteiger partial charge in [0.2, 0.25) is 0 Å². The zero-order chi connectivity index (χ0) is 15.9. The Kier molecular flexibility index (Phi) is 6.01. The van der Waals surface area contributed by atoms with E-state index >= 15 is 0 Å². The van der Waals surface area contributed by atoms with Gasteiger partial charge in [0.25, 0.3) is 5.91 Å². The molecule has 3 nitrogen and oxygen atoms in total. The molecule has 22 heavy (non-hydrogen) atoms.